The second-order valence-corrected chi connectivity index (χ2v) is 6.09. The van der Waals surface area contributed by atoms with Gasteiger partial charge in [-0.1, -0.05) is 26.0 Å². The highest BCUT2D eigenvalue weighted by atomic mass is 16.8. The summed E-state index contributed by atoms with van der Waals surface area (Å²) >= 11 is 0. The molecule has 0 radical (unpaired) electrons. The molecule has 0 aromatic heterocycles. The number of ether oxygens (including phenoxy) is 5. The van der Waals surface area contributed by atoms with Crippen molar-refractivity contribution in [2.45, 2.75) is 51.3 Å². The van der Waals surface area contributed by atoms with Crippen LogP contribution in [0.4, 0.5) is 0 Å². The zero-order valence-electron chi connectivity index (χ0n) is 15.9. The van der Waals surface area contributed by atoms with Crippen LogP contribution in [0.3, 0.4) is 0 Å². The van der Waals surface area contributed by atoms with Gasteiger partial charge in [0.05, 0.1) is 27.4 Å². The highest BCUT2D eigenvalue weighted by Gasteiger charge is 2.41. The molecular weight excluding hydrogens is 336 g/mol. The first-order valence-electron chi connectivity index (χ1n) is 8.88. The molecule has 1 aromatic carbocycles. The highest BCUT2D eigenvalue weighted by molar-refractivity contribution is 5.81. The molecule has 2 rings (SSSR count). The maximum absolute atomic E-state index is 11.5. The van der Waals surface area contributed by atoms with Gasteiger partial charge in [0.15, 0.2) is 5.79 Å². The Bertz CT molecular complexity index is 591. The first-order chi connectivity index (χ1) is 12.6. The largest absolute Gasteiger partial charge is 0.497 e. The zero-order chi connectivity index (χ0) is 19.0. The van der Waals surface area contributed by atoms with Gasteiger partial charge in [-0.2, -0.15) is 0 Å². The molecule has 6 nitrogen and oxygen atoms in total. The molecule has 26 heavy (non-hydrogen) atoms. The molecule has 0 saturated carbocycles. The average Bonchev–Trinajstić information content (AvgIpc) is 3.13. The summed E-state index contributed by atoms with van der Waals surface area (Å²) in [6.45, 7) is 4.86. The summed E-state index contributed by atoms with van der Waals surface area (Å²) in [5.41, 5.74) is 0.999. The van der Waals surface area contributed by atoms with E-state index in [1.807, 2.05) is 38.1 Å². The number of benzene rings is 1. The fraction of sp³-hybridized carbons (Fsp3) is 0.550. The molecule has 6 heteroatoms. The molecule has 1 heterocycles. The van der Waals surface area contributed by atoms with E-state index in [0.717, 1.165) is 24.2 Å². The van der Waals surface area contributed by atoms with E-state index >= 15 is 0 Å². The summed E-state index contributed by atoms with van der Waals surface area (Å²) in [4.78, 5) is 11.5. The van der Waals surface area contributed by atoms with Gasteiger partial charge < -0.3 is 23.7 Å². The standard InChI is InChI=1S/C20H28O6/c1-5-20(6-2)25-14-18(26-20)17(11-12-19(21)23-4)24-13-15-7-9-16(22-3)10-8-15/h7-12,17-18H,5-6,13-14H2,1-4H3/b12-11+/t17-,18-/m0/s1. The summed E-state index contributed by atoms with van der Waals surface area (Å²) in [6, 6.07) is 7.64. The maximum Gasteiger partial charge on any atom is 0.330 e. The SMILES string of the molecule is CCC1(CC)OC[C@@H]([C@H](/C=C/C(=O)OC)OCc2ccc(OC)cc2)O1. The number of methoxy groups -OCH3 is 2. The Balaban J connectivity index is 2.05. The molecule has 2 atom stereocenters. The van der Waals surface area contributed by atoms with E-state index in [1.54, 1.807) is 13.2 Å². The fourth-order valence-electron chi connectivity index (χ4n) is 2.80. The Morgan fingerprint density at radius 1 is 1.27 bits per heavy atom. The summed E-state index contributed by atoms with van der Waals surface area (Å²) in [6.07, 6.45) is 3.84. The van der Waals surface area contributed by atoms with Gasteiger partial charge in [0, 0.05) is 6.08 Å². The maximum atomic E-state index is 11.5. The summed E-state index contributed by atoms with van der Waals surface area (Å²) in [7, 11) is 2.97. The van der Waals surface area contributed by atoms with Crippen molar-refractivity contribution in [3.05, 3.63) is 42.0 Å². The van der Waals surface area contributed by atoms with Gasteiger partial charge in [-0.05, 0) is 36.6 Å². The topological polar surface area (TPSA) is 63.2 Å². The molecule has 1 aliphatic heterocycles. The molecule has 0 aliphatic carbocycles. The molecule has 1 fully saturated rings. The number of hydrogen-bond donors (Lipinski definition) is 0. The number of hydrogen-bond acceptors (Lipinski definition) is 6. The lowest BCUT2D eigenvalue weighted by atomic mass is 10.1. The predicted molar refractivity (Wildman–Crippen MR) is 96.9 cm³/mol. The van der Waals surface area contributed by atoms with Crippen molar-refractivity contribution < 1.29 is 28.5 Å². The number of carbonyl (C=O) groups is 1. The molecule has 0 bridgehead atoms. The molecule has 0 unspecified atom stereocenters. The monoisotopic (exact) mass is 364 g/mol. The van der Waals surface area contributed by atoms with Gasteiger partial charge in [0.1, 0.15) is 18.0 Å². The van der Waals surface area contributed by atoms with Gasteiger partial charge in [-0.3, -0.25) is 0 Å². The summed E-state index contributed by atoms with van der Waals surface area (Å²) in [5, 5.41) is 0. The normalized spacial score (nSPS) is 20.2. The molecule has 1 aliphatic rings. The minimum absolute atomic E-state index is 0.283. The molecular formula is C20H28O6. The lowest BCUT2D eigenvalue weighted by Gasteiger charge is -2.27. The lowest BCUT2D eigenvalue weighted by molar-refractivity contribution is -0.182. The molecule has 0 N–H and O–H groups in total. The molecule has 0 spiro atoms. The third-order valence-corrected chi connectivity index (χ3v) is 4.55. The van der Waals surface area contributed by atoms with E-state index < -0.39 is 17.9 Å². The van der Waals surface area contributed by atoms with Crippen molar-refractivity contribution in [1.82, 2.24) is 0 Å². The van der Waals surface area contributed by atoms with Crippen molar-refractivity contribution in [1.29, 1.82) is 0 Å². The van der Waals surface area contributed by atoms with E-state index in [-0.39, 0.29) is 6.10 Å². The first-order valence-corrected chi connectivity index (χ1v) is 8.88. The predicted octanol–water partition coefficient (Wildman–Crippen LogP) is 3.24. The minimum atomic E-state index is -0.578. The number of rotatable bonds is 9. The van der Waals surface area contributed by atoms with Crippen LogP contribution in [0, 0.1) is 0 Å². The van der Waals surface area contributed by atoms with Crippen molar-refractivity contribution in [2.75, 3.05) is 20.8 Å². The van der Waals surface area contributed by atoms with Crippen molar-refractivity contribution >= 4 is 5.97 Å². The van der Waals surface area contributed by atoms with Crippen LogP contribution in [-0.4, -0.2) is 44.8 Å². The second kappa shape index (κ2) is 9.71. The van der Waals surface area contributed by atoms with Crippen LogP contribution in [0.2, 0.25) is 0 Å². The number of carbonyl (C=O) groups excluding carboxylic acids is 1. The van der Waals surface area contributed by atoms with Gasteiger partial charge >= 0.3 is 5.97 Å². The van der Waals surface area contributed by atoms with Crippen molar-refractivity contribution in [3.63, 3.8) is 0 Å². The average molecular weight is 364 g/mol. The third-order valence-electron chi connectivity index (χ3n) is 4.55. The van der Waals surface area contributed by atoms with Crippen LogP contribution >= 0.6 is 0 Å². The van der Waals surface area contributed by atoms with E-state index in [9.17, 15) is 4.79 Å². The van der Waals surface area contributed by atoms with Crippen LogP contribution in [0.1, 0.15) is 32.3 Å². The second-order valence-electron chi connectivity index (χ2n) is 6.09. The quantitative estimate of drug-likeness (QED) is 0.495. The first kappa shape index (κ1) is 20.4. The van der Waals surface area contributed by atoms with Crippen LogP contribution in [-0.2, 0) is 30.3 Å². The molecule has 0 amide bonds. The summed E-state index contributed by atoms with van der Waals surface area (Å²) in [5.74, 6) is -0.218. The smallest absolute Gasteiger partial charge is 0.330 e. The zero-order valence-corrected chi connectivity index (χ0v) is 15.9. The Kier molecular flexibility index (Phi) is 7.63. The van der Waals surface area contributed by atoms with E-state index in [2.05, 4.69) is 4.74 Å². The van der Waals surface area contributed by atoms with Crippen LogP contribution < -0.4 is 4.74 Å². The van der Waals surface area contributed by atoms with Crippen LogP contribution in [0.15, 0.2) is 36.4 Å². The van der Waals surface area contributed by atoms with Gasteiger partial charge in [-0.25, -0.2) is 4.79 Å². The Hall–Kier alpha value is -1.89. The highest BCUT2D eigenvalue weighted by Crippen LogP contribution is 2.32. The van der Waals surface area contributed by atoms with E-state index in [4.69, 9.17) is 18.9 Å². The molecule has 1 saturated heterocycles. The van der Waals surface area contributed by atoms with Gasteiger partial charge in [0.2, 0.25) is 0 Å². The molecule has 144 valence electrons. The van der Waals surface area contributed by atoms with E-state index in [0.29, 0.717) is 13.2 Å². The minimum Gasteiger partial charge on any atom is -0.497 e. The Morgan fingerprint density at radius 2 is 1.96 bits per heavy atom. The molecule has 1 aromatic rings. The number of esters is 1. The van der Waals surface area contributed by atoms with Crippen molar-refractivity contribution in [2.24, 2.45) is 0 Å². The third kappa shape index (κ3) is 5.30. The van der Waals surface area contributed by atoms with Crippen LogP contribution in [0.25, 0.3) is 0 Å². The van der Waals surface area contributed by atoms with Gasteiger partial charge in [-0.15, -0.1) is 0 Å². The fourth-order valence-corrected chi connectivity index (χ4v) is 2.80. The van der Waals surface area contributed by atoms with Crippen molar-refractivity contribution in [3.8, 4) is 5.75 Å². The summed E-state index contributed by atoms with van der Waals surface area (Å²) < 4.78 is 27.9. The van der Waals surface area contributed by atoms with Crippen LogP contribution in [0.5, 0.6) is 5.75 Å². The Morgan fingerprint density at radius 3 is 2.50 bits per heavy atom. The lowest BCUT2D eigenvalue weighted by Crippen LogP contribution is -2.34. The Labute approximate surface area is 155 Å². The van der Waals surface area contributed by atoms with Gasteiger partial charge in [0.25, 0.3) is 0 Å². The van der Waals surface area contributed by atoms with E-state index in [1.165, 1.54) is 13.2 Å².